The molecule has 2 rings (SSSR count). The van der Waals surface area contributed by atoms with E-state index in [0.717, 1.165) is 12.1 Å². The van der Waals surface area contributed by atoms with Crippen molar-refractivity contribution in [3.8, 4) is 11.5 Å². The zero-order valence-corrected chi connectivity index (χ0v) is 14.6. The van der Waals surface area contributed by atoms with E-state index in [1.807, 2.05) is 0 Å². The molecule has 0 heterocycles. The van der Waals surface area contributed by atoms with Crippen molar-refractivity contribution in [2.24, 2.45) is 0 Å². The minimum atomic E-state index is -0.869. The number of methoxy groups -OCH3 is 1. The summed E-state index contributed by atoms with van der Waals surface area (Å²) in [7, 11) is 1.33. The van der Waals surface area contributed by atoms with E-state index in [1.165, 1.54) is 25.3 Å². The third-order valence-corrected chi connectivity index (χ3v) is 3.56. The first-order chi connectivity index (χ1) is 11.9. The second-order valence-electron chi connectivity index (χ2n) is 4.79. The van der Waals surface area contributed by atoms with Crippen LogP contribution >= 0.6 is 15.9 Å². The van der Waals surface area contributed by atoms with Crippen LogP contribution in [0.25, 0.3) is 0 Å². The predicted octanol–water partition coefficient (Wildman–Crippen LogP) is 3.54. The molecule has 0 N–H and O–H groups in total. The Morgan fingerprint density at radius 2 is 1.76 bits per heavy atom. The second kappa shape index (κ2) is 8.57. The average molecular weight is 415 g/mol. The fourth-order valence-electron chi connectivity index (χ4n) is 1.89. The molecule has 0 bridgehead atoms. The SMILES string of the molecule is COc1ccc(F)cc1C(=O)COC(=O)COc1ccc(Br)cc1F. The number of Topliss-reactive ketones (excluding diaryl/α,β-unsaturated/α-hetero) is 1. The molecule has 0 unspecified atom stereocenters. The Morgan fingerprint density at radius 1 is 1.04 bits per heavy atom. The highest BCUT2D eigenvalue weighted by Gasteiger charge is 2.16. The van der Waals surface area contributed by atoms with E-state index >= 15 is 0 Å². The molecule has 2 aromatic rings. The van der Waals surface area contributed by atoms with Gasteiger partial charge in [0.25, 0.3) is 0 Å². The molecule has 0 aromatic heterocycles. The van der Waals surface area contributed by atoms with Crippen molar-refractivity contribution in [3.05, 3.63) is 58.1 Å². The maximum atomic E-state index is 13.5. The maximum absolute atomic E-state index is 13.5. The summed E-state index contributed by atoms with van der Waals surface area (Å²) in [6.45, 7) is -1.20. The zero-order valence-electron chi connectivity index (χ0n) is 13.1. The normalized spacial score (nSPS) is 10.2. The molecule has 8 heteroatoms. The van der Waals surface area contributed by atoms with Crippen LogP contribution in [0.1, 0.15) is 10.4 Å². The van der Waals surface area contributed by atoms with Crippen molar-refractivity contribution < 1.29 is 32.6 Å². The first kappa shape index (κ1) is 18.9. The van der Waals surface area contributed by atoms with Gasteiger partial charge < -0.3 is 14.2 Å². The van der Waals surface area contributed by atoms with Crippen molar-refractivity contribution >= 4 is 27.7 Å². The van der Waals surface area contributed by atoms with Gasteiger partial charge in [-0.1, -0.05) is 15.9 Å². The molecule has 0 radical (unpaired) electrons. The molecular formula is C17H13BrF2O5. The number of ketones is 1. The summed E-state index contributed by atoms with van der Waals surface area (Å²) >= 11 is 3.09. The quantitative estimate of drug-likeness (QED) is 0.512. The minimum Gasteiger partial charge on any atom is -0.496 e. The molecule has 0 atom stereocenters. The van der Waals surface area contributed by atoms with Crippen LogP contribution < -0.4 is 9.47 Å². The molecule has 25 heavy (non-hydrogen) atoms. The largest absolute Gasteiger partial charge is 0.496 e. The zero-order chi connectivity index (χ0) is 18.4. The van der Waals surface area contributed by atoms with E-state index in [1.54, 1.807) is 6.07 Å². The number of esters is 1. The van der Waals surface area contributed by atoms with Gasteiger partial charge in [-0.2, -0.15) is 0 Å². The van der Waals surface area contributed by atoms with Crippen LogP contribution in [0.3, 0.4) is 0 Å². The summed E-state index contributed by atoms with van der Waals surface area (Å²) in [6, 6.07) is 7.49. The monoisotopic (exact) mass is 414 g/mol. The van der Waals surface area contributed by atoms with Crippen LogP contribution in [0.15, 0.2) is 40.9 Å². The number of carbonyl (C=O) groups excluding carboxylic acids is 2. The van der Waals surface area contributed by atoms with E-state index in [0.29, 0.717) is 4.47 Å². The average Bonchev–Trinajstić information content (AvgIpc) is 2.58. The highest BCUT2D eigenvalue weighted by atomic mass is 79.9. The van der Waals surface area contributed by atoms with E-state index in [9.17, 15) is 18.4 Å². The summed E-state index contributed by atoms with van der Waals surface area (Å²) in [5.74, 6) is -2.74. The van der Waals surface area contributed by atoms with Crippen molar-refractivity contribution in [2.75, 3.05) is 20.3 Å². The standard InChI is InChI=1S/C17H13BrF2O5/c1-23-15-5-3-11(19)7-12(15)14(21)8-25-17(22)9-24-16-4-2-10(18)6-13(16)20/h2-7H,8-9H2,1H3. The Balaban J connectivity index is 1.89. The Kier molecular flexibility index (Phi) is 6.46. The predicted molar refractivity (Wildman–Crippen MR) is 87.8 cm³/mol. The van der Waals surface area contributed by atoms with E-state index in [4.69, 9.17) is 14.2 Å². The smallest absolute Gasteiger partial charge is 0.344 e. The summed E-state index contributed by atoms with van der Waals surface area (Å²) < 4.78 is 42.0. The number of carbonyl (C=O) groups is 2. The summed E-state index contributed by atoms with van der Waals surface area (Å²) in [5, 5.41) is 0. The number of hydrogen-bond donors (Lipinski definition) is 0. The Bertz CT molecular complexity index is 795. The minimum absolute atomic E-state index is 0.0461. The number of benzene rings is 2. The van der Waals surface area contributed by atoms with Gasteiger partial charge in [-0.15, -0.1) is 0 Å². The van der Waals surface area contributed by atoms with Gasteiger partial charge in [0, 0.05) is 4.47 Å². The Labute approximate surface area is 150 Å². The Hall–Kier alpha value is -2.48. The van der Waals surface area contributed by atoms with E-state index in [-0.39, 0.29) is 17.1 Å². The first-order valence-electron chi connectivity index (χ1n) is 7.01. The lowest BCUT2D eigenvalue weighted by atomic mass is 10.1. The van der Waals surface area contributed by atoms with Gasteiger partial charge in [0.05, 0.1) is 12.7 Å². The van der Waals surface area contributed by atoms with Crippen LogP contribution in [0.4, 0.5) is 8.78 Å². The molecule has 5 nitrogen and oxygen atoms in total. The summed E-state index contributed by atoms with van der Waals surface area (Å²) in [6.07, 6.45) is 0. The lowest BCUT2D eigenvalue weighted by Gasteiger charge is -2.09. The highest BCUT2D eigenvalue weighted by molar-refractivity contribution is 9.10. The molecule has 0 aliphatic rings. The van der Waals surface area contributed by atoms with Crippen molar-refractivity contribution in [2.45, 2.75) is 0 Å². The van der Waals surface area contributed by atoms with Gasteiger partial charge in [0.1, 0.15) is 11.6 Å². The fraction of sp³-hybridized carbons (Fsp3) is 0.176. The van der Waals surface area contributed by atoms with E-state index in [2.05, 4.69) is 15.9 Å². The molecule has 132 valence electrons. The van der Waals surface area contributed by atoms with Gasteiger partial charge in [-0.25, -0.2) is 13.6 Å². The van der Waals surface area contributed by atoms with Gasteiger partial charge in [0.2, 0.25) is 5.78 Å². The van der Waals surface area contributed by atoms with Crippen LogP contribution in [-0.4, -0.2) is 32.1 Å². The van der Waals surface area contributed by atoms with Crippen LogP contribution in [0.2, 0.25) is 0 Å². The van der Waals surface area contributed by atoms with E-state index < -0.39 is 36.6 Å². The molecule has 0 saturated heterocycles. The topological polar surface area (TPSA) is 61.8 Å². The third-order valence-electron chi connectivity index (χ3n) is 3.07. The van der Waals surface area contributed by atoms with Crippen molar-refractivity contribution in [3.63, 3.8) is 0 Å². The molecule has 0 aliphatic heterocycles. The molecule has 0 aliphatic carbocycles. The number of hydrogen-bond acceptors (Lipinski definition) is 5. The molecule has 0 spiro atoms. The van der Waals surface area contributed by atoms with Gasteiger partial charge in [-0.3, -0.25) is 4.79 Å². The number of halogens is 3. The second-order valence-corrected chi connectivity index (χ2v) is 5.71. The maximum Gasteiger partial charge on any atom is 0.344 e. The fourth-order valence-corrected chi connectivity index (χ4v) is 2.23. The summed E-state index contributed by atoms with van der Waals surface area (Å²) in [4.78, 5) is 23.6. The highest BCUT2D eigenvalue weighted by Crippen LogP contribution is 2.22. The number of ether oxygens (including phenoxy) is 3. The molecule has 0 saturated carbocycles. The van der Waals surface area contributed by atoms with Gasteiger partial charge in [-0.05, 0) is 36.4 Å². The molecule has 0 amide bonds. The van der Waals surface area contributed by atoms with Crippen LogP contribution in [-0.2, 0) is 9.53 Å². The van der Waals surface area contributed by atoms with Gasteiger partial charge >= 0.3 is 5.97 Å². The summed E-state index contributed by atoms with van der Waals surface area (Å²) in [5.41, 5.74) is -0.0461. The molecule has 2 aromatic carbocycles. The lowest BCUT2D eigenvalue weighted by molar-refractivity contribution is -0.144. The molecule has 0 fully saturated rings. The Morgan fingerprint density at radius 3 is 2.44 bits per heavy atom. The lowest BCUT2D eigenvalue weighted by Crippen LogP contribution is -2.20. The molecular weight excluding hydrogens is 402 g/mol. The van der Waals surface area contributed by atoms with Crippen molar-refractivity contribution in [1.29, 1.82) is 0 Å². The van der Waals surface area contributed by atoms with Gasteiger partial charge in [0.15, 0.2) is 24.8 Å². The number of rotatable bonds is 7. The third kappa shape index (κ3) is 5.25. The van der Waals surface area contributed by atoms with Crippen molar-refractivity contribution in [1.82, 2.24) is 0 Å². The van der Waals surface area contributed by atoms with Crippen LogP contribution in [0, 0.1) is 11.6 Å². The first-order valence-corrected chi connectivity index (χ1v) is 7.80. The van der Waals surface area contributed by atoms with Crippen LogP contribution in [0.5, 0.6) is 11.5 Å².